The molecule has 1 aliphatic rings. The molecule has 0 radical (unpaired) electrons. The van der Waals surface area contributed by atoms with Gasteiger partial charge in [-0.15, -0.1) is 0 Å². The molecule has 2 atom stereocenters. The summed E-state index contributed by atoms with van der Waals surface area (Å²) >= 11 is 0. The lowest BCUT2D eigenvalue weighted by Crippen LogP contribution is -2.34. The van der Waals surface area contributed by atoms with Crippen LogP contribution in [-0.4, -0.2) is 47.0 Å². The van der Waals surface area contributed by atoms with Crippen LogP contribution in [0.1, 0.15) is 12.0 Å². The number of rotatable bonds is 4. The summed E-state index contributed by atoms with van der Waals surface area (Å²) in [6.45, 7) is 1.75. The van der Waals surface area contributed by atoms with Gasteiger partial charge in [-0.3, -0.25) is 4.90 Å². The minimum absolute atomic E-state index is 0.138. The van der Waals surface area contributed by atoms with E-state index in [-0.39, 0.29) is 18.8 Å². The molecule has 3 heteroatoms. The predicted molar refractivity (Wildman–Crippen MR) is 63.2 cm³/mol. The van der Waals surface area contributed by atoms with Crippen molar-refractivity contribution in [2.24, 2.45) is 0 Å². The summed E-state index contributed by atoms with van der Waals surface area (Å²) in [7, 11) is 0. The van der Waals surface area contributed by atoms with Crippen LogP contribution in [0.2, 0.25) is 0 Å². The maximum Gasteiger partial charge on any atom is 0.0683 e. The van der Waals surface area contributed by atoms with Gasteiger partial charge in [-0.1, -0.05) is 30.3 Å². The van der Waals surface area contributed by atoms with Crippen molar-refractivity contribution in [3.05, 3.63) is 35.9 Å². The third kappa shape index (κ3) is 2.82. The zero-order valence-corrected chi connectivity index (χ0v) is 9.42. The van der Waals surface area contributed by atoms with Crippen molar-refractivity contribution >= 4 is 0 Å². The van der Waals surface area contributed by atoms with Gasteiger partial charge in [0.25, 0.3) is 0 Å². The fourth-order valence-electron chi connectivity index (χ4n) is 2.34. The van der Waals surface area contributed by atoms with Crippen molar-refractivity contribution in [2.75, 3.05) is 19.7 Å². The Balaban J connectivity index is 1.86. The third-order valence-electron chi connectivity index (χ3n) is 3.25. The Morgan fingerprint density at radius 2 is 2.00 bits per heavy atom. The van der Waals surface area contributed by atoms with Gasteiger partial charge < -0.3 is 10.2 Å². The van der Waals surface area contributed by atoms with E-state index in [4.69, 9.17) is 0 Å². The van der Waals surface area contributed by atoms with Crippen molar-refractivity contribution in [3.8, 4) is 0 Å². The quantitative estimate of drug-likeness (QED) is 0.785. The van der Waals surface area contributed by atoms with Crippen molar-refractivity contribution in [1.29, 1.82) is 0 Å². The zero-order valence-electron chi connectivity index (χ0n) is 9.42. The molecule has 3 nitrogen and oxygen atoms in total. The molecule has 16 heavy (non-hydrogen) atoms. The number of nitrogens with zero attached hydrogens (tertiary/aromatic N) is 1. The van der Waals surface area contributed by atoms with Gasteiger partial charge in [0.15, 0.2) is 0 Å². The molecule has 0 saturated carbocycles. The highest BCUT2D eigenvalue weighted by molar-refractivity contribution is 5.15. The second-order valence-corrected chi connectivity index (χ2v) is 4.46. The van der Waals surface area contributed by atoms with Gasteiger partial charge >= 0.3 is 0 Å². The summed E-state index contributed by atoms with van der Waals surface area (Å²) < 4.78 is 0. The monoisotopic (exact) mass is 221 g/mol. The molecule has 1 aliphatic heterocycles. The van der Waals surface area contributed by atoms with Crippen molar-refractivity contribution < 1.29 is 10.2 Å². The lowest BCUT2D eigenvalue weighted by Gasteiger charge is -2.22. The lowest BCUT2D eigenvalue weighted by molar-refractivity contribution is 0.157. The van der Waals surface area contributed by atoms with Gasteiger partial charge in [0.1, 0.15) is 0 Å². The molecule has 0 amide bonds. The Bertz CT molecular complexity index is 315. The zero-order chi connectivity index (χ0) is 11.4. The van der Waals surface area contributed by atoms with Crippen LogP contribution in [0.3, 0.4) is 0 Å². The minimum atomic E-state index is -0.270. The summed E-state index contributed by atoms with van der Waals surface area (Å²) in [5.74, 6) is 0. The first kappa shape index (κ1) is 11.6. The Kier molecular flexibility index (Phi) is 3.93. The summed E-state index contributed by atoms with van der Waals surface area (Å²) in [6.07, 6.45) is 1.41. The Labute approximate surface area is 96.3 Å². The first-order chi connectivity index (χ1) is 7.79. The van der Waals surface area contributed by atoms with E-state index in [1.54, 1.807) is 0 Å². The van der Waals surface area contributed by atoms with Crippen molar-refractivity contribution in [1.82, 2.24) is 4.90 Å². The fourth-order valence-corrected chi connectivity index (χ4v) is 2.34. The standard InChI is InChI=1S/C13H19NO2/c15-10-12-8-13(16)9-14(12)7-6-11-4-2-1-3-5-11/h1-5,12-13,15-16H,6-10H2. The van der Waals surface area contributed by atoms with Crippen LogP contribution in [0.25, 0.3) is 0 Å². The minimum Gasteiger partial charge on any atom is -0.395 e. The SMILES string of the molecule is OCC1CC(O)CN1CCc1ccccc1. The topological polar surface area (TPSA) is 43.7 Å². The molecule has 2 N–H and O–H groups in total. The predicted octanol–water partition coefficient (Wildman–Crippen LogP) is 0.657. The van der Waals surface area contributed by atoms with E-state index in [1.807, 2.05) is 18.2 Å². The van der Waals surface area contributed by atoms with Gasteiger partial charge in [-0.05, 0) is 18.4 Å². The molecule has 2 unspecified atom stereocenters. The molecule has 88 valence electrons. The molecular formula is C13H19NO2. The number of hydrogen-bond acceptors (Lipinski definition) is 3. The van der Waals surface area contributed by atoms with E-state index in [0.29, 0.717) is 13.0 Å². The molecule has 0 aliphatic carbocycles. The number of likely N-dealkylation sites (tertiary alicyclic amines) is 1. The van der Waals surface area contributed by atoms with Crippen LogP contribution < -0.4 is 0 Å². The molecule has 1 fully saturated rings. The summed E-state index contributed by atoms with van der Waals surface area (Å²) in [4.78, 5) is 2.18. The molecular weight excluding hydrogens is 202 g/mol. The number of benzene rings is 1. The van der Waals surface area contributed by atoms with Crippen LogP contribution in [0, 0.1) is 0 Å². The first-order valence-electron chi connectivity index (χ1n) is 5.86. The molecule has 0 aromatic heterocycles. The number of β-amino-alcohol motifs (C(OH)–C–C–N with tert-alkyl or cyclic N) is 1. The first-order valence-corrected chi connectivity index (χ1v) is 5.86. The van der Waals surface area contributed by atoms with Crippen LogP contribution in [0.5, 0.6) is 0 Å². The summed E-state index contributed by atoms with van der Waals surface area (Å²) in [5.41, 5.74) is 1.31. The number of hydrogen-bond donors (Lipinski definition) is 2. The number of aliphatic hydroxyl groups excluding tert-OH is 2. The molecule has 0 spiro atoms. The van der Waals surface area contributed by atoms with Crippen LogP contribution in [-0.2, 0) is 6.42 Å². The maximum absolute atomic E-state index is 9.55. The molecule has 1 heterocycles. The van der Waals surface area contributed by atoms with Crippen LogP contribution in [0.15, 0.2) is 30.3 Å². The lowest BCUT2D eigenvalue weighted by atomic mass is 10.1. The largest absolute Gasteiger partial charge is 0.395 e. The average Bonchev–Trinajstić information content (AvgIpc) is 2.68. The van der Waals surface area contributed by atoms with E-state index >= 15 is 0 Å². The van der Waals surface area contributed by atoms with Gasteiger partial charge in [0.2, 0.25) is 0 Å². The van der Waals surface area contributed by atoms with Gasteiger partial charge in [-0.25, -0.2) is 0 Å². The third-order valence-corrected chi connectivity index (χ3v) is 3.25. The molecule has 1 saturated heterocycles. The van der Waals surface area contributed by atoms with E-state index in [0.717, 1.165) is 13.0 Å². The highest BCUT2D eigenvalue weighted by atomic mass is 16.3. The van der Waals surface area contributed by atoms with Gasteiger partial charge in [0, 0.05) is 19.1 Å². The fraction of sp³-hybridized carbons (Fsp3) is 0.538. The van der Waals surface area contributed by atoms with E-state index in [2.05, 4.69) is 17.0 Å². The summed E-state index contributed by atoms with van der Waals surface area (Å²) in [6, 6.07) is 10.5. The van der Waals surface area contributed by atoms with Crippen LogP contribution in [0.4, 0.5) is 0 Å². The summed E-state index contributed by atoms with van der Waals surface area (Å²) in [5, 5.41) is 18.7. The number of aliphatic hydroxyl groups is 2. The Morgan fingerprint density at radius 1 is 1.25 bits per heavy atom. The molecule has 0 bridgehead atoms. The molecule has 1 aromatic carbocycles. The highest BCUT2D eigenvalue weighted by Gasteiger charge is 2.29. The second-order valence-electron chi connectivity index (χ2n) is 4.46. The van der Waals surface area contributed by atoms with Crippen molar-refractivity contribution in [2.45, 2.75) is 25.0 Å². The van der Waals surface area contributed by atoms with Crippen molar-refractivity contribution in [3.63, 3.8) is 0 Å². The van der Waals surface area contributed by atoms with E-state index in [9.17, 15) is 10.2 Å². The highest BCUT2D eigenvalue weighted by Crippen LogP contribution is 2.17. The van der Waals surface area contributed by atoms with Crippen LogP contribution >= 0.6 is 0 Å². The molecule has 2 rings (SSSR count). The van der Waals surface area contributed by atoms with E-state index in [1.165, 1.54) is 5.56 Å². The molecule has 1 aromatic rings. The smallest absolute Gasteiger partial charge is 0.0683 e. The maximum atomic E-state index is 9.55. The van der Waals surface area contributed by atoms with Gasteiger partial charge in [-0.2, -0.15) is 0 Å². The Morgan fingerprint density at radius 3 is 2.69 bits per heavy atom. The Hall–Kier alpha value is -0.900. The average molecular weight is 221 g/mol. The normalized spacial score (nSPS) is 26.1. The van der Waals surface area contributed by atoms with E-state index < -0.39 is 0 Å². The van der Waals surface area contributed by atoms with Gasteiger partial charge in [0.05, 0.1) is 12.7 Å². The second kappa shape index (κ2) is 5.43.